The molecule has 0 aromatic carbocycles. The number of nitrogens with zero attached hydrogens (tertiary/aromatic N) is 3. The maximum atomic E-state index is 12.9. The van der Waals surface area contributed by atoms with Gasteiger partial charge in [-0.2, -0.15) is 13.2 Å². The lowest BCUT2D eigenvalue weighted by molar-refractivity contribution is -0.186. The Balaban J connectivity index is 1.58. The summed E-state index contributed by atoms with van der Waals surface area (Å²) in [5.74, 6) is -0.404. The molecule has 1 aromatic heterocycles. The second-order valence-electron chi connectivity index (χ2n) is 6.62. The van der Waals surface area contributed by atoms with Crippen molar-refractivity contribution in [3.05, 3.63) is 11.6 Å². The molecule has 0 spiro atoms. The van der Waals surface area contributed by atoms with Gasteiger partial charge in [0.2, 0.25) is 5.91 Å². The van der Waals surface area contributed by atoms with Crippen LogP contribution in [-0.2, 0) is 17.8 Å². The van der Waals surface area contributed by atoms with Crippen molar-refractivity contribution in [1.82, 2.24) is 20.1 Å². The van der Waals surface area contributed by atoms with Gasteiger partial charge >= 0.3 is 6.18 Å². The molecule has 1 N–H and O–H groups in total. The van der Waals surface area contributed by atoms with Crippen molar-refractivity contribution >= 4 is 5.91 Å². The molecule has 0 unspecified atom stereocenters. The lowest BCUT2D eigenvalue weighted by Crippen LogP contribution is -2.45. The fourth-order valence-corrected chi connectivity index (χ4v) is 3.62. The van der Waals surface area contributed by atoms with Crippen molar-refractivity contribution in [2.75, 3.05) is 0 Å². The lowest BCUT2D eigenvalue weighted by Gasteiger charge is -2.32. The minimum absolute atomic E-state index is 0.0593. The fourth-order valence-electron chi connectivity index (χ4n) is 3.62. The highest BCUT2D eigenvalue weighted by atomic mass is 19.4. The van der Waals surface area contributed by atoms with E-state index in [0.29, 0.717) is 19.4 Å². The molecule has 23 heavy (non-hydrogen) atoms. The lowest BCUT2D eigenvalue weighted by atomic mass is 9.80. The van der Waals surface area contributed by atoms with Crippen LogP contribution in [0.1, 0.15) is 43.8 Å². The molecule has 8 heteroatoms. The van der Waals surface area contributed by atoms with E-state index in [9.17, 15) is 18.0 Å². The summed E-state index contributed by atoms with van der Waals surface area (Å²) >= 11 is 0. The normalized spacial score (nSPS) is 28.3. The third-order valence-electron chi connectivity index (χ3n) is 4.99. The van der Waals surface area contributed by atoms with Gasteiger partial charge in [-0.1, -0.05) is 6.42 Å². The van der Waals surface area contributed by atoms with Crippen molar-refractivity contribution in [3.8, 4) is 0 Å². The first-order valence-corrected chi connectivity index (χ1v) is 8.10. The first kappa shape index (κ1) is 16.3. The Morgan fingerprint density at radius 2 is 2.04 bits per heavy atom. The predicted octanol–water partition coefficient (Wildman–Crippen LogP) is 2.39. The van der Waals surface area contributed by atoms with Crippen LogP contribution in [0.2, 0.25) is 0 Å². The highest BCUT2D eigenvalue weighted by Gasteiger charge is 2.43. The average Bonchev–Trinajstić information content (AvgIpc) is 2.88. The van der Waals surface area contributed by atoms with E-state index in [-0.39, 0.29) is 24.8 Å². The Hall–Kier alpha value is -1.60. The zero-order valence-corrected chi connectivity index (χ0v) is 13.1. The SMILES string of the molecule is Cc1nnc2n1C[C@H](NC(=O)[C@@H]1CCC[C@@H](C(F)(F)F)C1)CC2. The number of alkyl halides is 3. The number of hydrogen-bond donors (Lipinski definition) is 1. The Labute approximate surface area is 132 Å². The third-order valence-corrected chi connectivity index (χ3v) is 4.99. The quantitative estimate of drug-likeness (QED) is 0.906. The maximum absolute atomic E-state index is 12.9. The molecule has 1 aliphatic heterocycles. The molecule has 2 aliphatic rings. The molecule has 1 aliphatic carbocycles. The molecule has 0 bridgehead atoms. The molecule has 1 fully saturated rings. The number of nitrogens with one attached hydrogen (secondary N) is 1. The standard InChI is InChI=1S/C15H21F3N4O/c1-9-20-21-13-6-5-12(8-22(9)13)19-14(23)10-3-2-4-11(7-10)15(16,17)18/h10-12H,2-8H2,1H3,(H,19,23)/t10-,11-,12-/m1/s1. The monoisotopic (exact) mass is 330 g/mol. The summed E-state index contributed by atoms with van der Waals surface area (Å²) in [6.45, 7) is 2.45. The summed E-state index contributed by atoms with van der Waals surface area (Å²) in [6.07, 6.45) is -1.66. The van der Waals surface area contributed by atoms with Crippen molar-refractivity contribution in [3.63, 3.8) is 0 Å². The van der Waals surface area contributed by atoms with Crippen LogP contribution in [0.5, 0.6) is 0 Å². The predicted molar refractivity (Wildman–Crippen MR) is 76.5 cm³/mol. The number of halogens is 3. The van der Waals surface area contributed by atoms with Gasteiger partial charge in [-0.25, -0.2) is 0 Å². The summed E-state index contributed by atoms with van der Waals surface area (Å²) in [5, 5.41) is 11.0. The number of rotatable bonds is 2. The van der Waals surface area contributed by atoms with Gasteiger partial charge < -0.3 is 9.88 Å². The largest absolute Gasteiger partial charge is 0.391 e. The van der Waals surface area contributed by atoms with Crippen LogP contribution in [-0.4, -0.2) is 32.9 Å². The number of carbonyl (C=O) groups excluding carboxylic acids is 1. The van der Waals surface area contributed by atoms with E-state index in [1.54, 1.807) is 0 Å². The summed E-state index contributed by atoms with van der Waals surface area (Å²) in [4.78, 5) is 12.4. The van der Waals surface area contributed by atoms with E-state index in [0.717, 1.165) is 24.5 Å². The smallest absolute Gasteiger partial charge is 0.351 e. The molecular formula is C15H21F3N4O. The van der Waals surface area contributed by atoms with Crippen molar-refractivity contribution < 1.29 is 18.0 Å². The van der Waals surface area contributed by atoms with E-state index >= 15 is 0 Å². The first-order chi connectivity index (χ1) is 10.8. The summed E-state index contributed by atoms with van der Waals surface area (Å²) in [7, 11) is 0. The molecule has 3 atom stereocenters. The second-order valence-corrected chi connectivity index (χ2v) is 6.62. The molecule has 0 saturated heterocycles. The molecule has 5 nitrogen and oxygen atoms in total. The molecule has 3 rings (SSSR count). The molecule has 0 radical (unpaired) electrons. The van der Waals surface area contributed by atoms with Gasteiger partial charge in [0.25, 0.3) is 0 Å². The fraction of sp³-hybridized carbons (Fsp3) is 0.800. The number of aromatic nitrogens is 3. The first-order valence-electron chi connectivity index (χ1n) is 8.10. The highest BCUT2D eigenvalue weighted by molar-refractivity contribution is 5.79. The molecule has 128 valence electrons. The van der Waals surface area contributed by atoms with Crippen LogP contribution in [0, 0.1) is 18.8 Å². The topological polar surface area (TPSA) is 59.8 Å². The number of hydrogen-bond acceptors (Lipinski definition) is 3. The van der Waals surface area contributed by atoms with Crippen LogP contribution in [0.3, 0.4) is 0 Å². The summed E-state index contributed by atoms with van der Waals surface area (Å²) in [6, 6.07) is -0.0593. The van der Waals surface area contributed by atoms with Gasteiger partial charge in [0.05, 0.1) is 5.92 Å². The van der Waals surface area contributed by atoms with Gasteiger partial charge in [-0.15, -0.1) is 10.2 Å². The number of carbonyl (C=O) groups is 1. The van der Waals surface area contributed by atoms with Gasteiger partial charge in [0.1, 0.15) is 11.6 Å². The Bertz CT molecular complexity index is 584. The van der Waals surface area contributed by atoms with Crippen LogP contribution in [0.15, 0.2) is 0 Å². The Morgan fingerprint density at radius 3 is 2.78 bits per heavy atom. The summed E-state index contributed by atoms with van der Waals surface area (Å²) in [5.41, 5.74) is 0. The molecule has 1 aromatic rings. The minimum Gasteiger partial charge on any atom is -0.351 e. The zero-order chi connectivity index (χ0) is 16.6. The maximum Gasteiger partial charge on any atom is 0.391 e. The van der Waals surface area contributed by atoms with E-state index in [1.807, 2.05) is 11.5 Å². The van der Waals surface area contributed by atoms with Crippen LogP contribution >= 0.6 is 0 Å². The number of amides is 1. The summed E-state index contributed by atoms with van der Waals surface area (Å²) < 4.78 is 40.6. The van der Waals surface area contributed by atoms with Gasteiger partial charge in [-0.05, 0) is 32.6 Å². The molecule has 1 saturated carbocycles. The van der Waals surface area contributed by atoms with Gasteiger partial charge in [0.15, 0.2) is 0 Å². The van der Waals surface area contributed by atoms with Crippen LogP contribution in [0.25, 0.3) is 0 Å². The third kappa shape index (κ3) is 3.50. The molecule has 2 heterocycles. The Kier molecular flexibility index (Phi) is 4.33. The van der Waals surface area contributed by atoms with Crippen LogP contribution < -0.4 is 5.32 Å². The van der Waals surface area contributed by atoms with E-state index in [2.05, 4.69) is 15.5 Å². The molecular weight excluding hydrogens is 309 g/mol. The highest BCUT2D eigenvalue weighted by Crippen LogP contribution is 2.40. The van der Waals surface area contributed by atoms with Crippen molar-refractivity contribution in [2.24, 2.45) is 11.8 Å². The van der Waals surface area contributed by atoms with Crippen LogP contribution in [0.4, 0.5) is 13.2 Å². The van der Waals surface area contributed by atoms with Gasteiger partial charge in [0, 0.05) is 24.9 Å². The van der Waals surface area contributed by atoms with E-state index in [4.69, 9.17) is 0 Å². The molecule has 1 amide bonds. The number of aryl methyl sites for hydroxylation is 2. The minimum atomic E-state index is -4.20. The van der Waals surface area contributed by atoms with E-state index < -0.39 is 18.0 Å². The number of fused-ring (bicyclic) bond motifs is 1. The van der Waals surface area contributed by atoms with Crippen molar-refractivity contribution in [1.29, 1.82) is 0 Å². The average molecular weight is 330 g/mol. The Morgan fingerprint density at radius 1 is 1.26 bits per heavy atom. The second kappa shape index (κ2) is 6.13. The zero-order valence-electron chi connectivity index (χ0n) is 13.1. The van der Waals surface area contributed by atoms with Gasteiger partial charge in [-0.3, -0.25) is 4.79 Å². The van der Waals surface area contributed by atoms with E-state index in [1.165, 1.54) is 0 Å². The van der Waals surface area contributed by atoms with Crippen molar-refractivity contribution in [2.45, 2.75) is 64.2 Å².